The smallest absolute Gasteiger partial charge is 0.315 e. The highest BCUT2D eigenvalue weighted by Crippen LogP contribution is 2.52. The minimum absolute atomic E-state index is 0.0317. The quantitative estimate of drug-likeness (QED) is 0.824. The number of rotatable bonds is 3. The van der Waals surface area contributed by atoms with Crippen LogP contribution in [0.2, 0.25) is 0 Å². The molecule has 6 heteroatoms. The highest BCUT2D eigenvalue weighted by atomic mass is 16.5. The summed E-state index contributed by atoms with van der Waals surface area (Å²) in [6, 6.07) is 5.57. The third-order valence-electron chi connectivity index (χ3n) is 6.56. The number of carbonyl (C=O) groups excluding carboxylic acids is 1. The first-order chi connectivity index (χ1) is 13.1. The van der Waals surface area contributed by atoms with Crippen molar-refractivity contribution < 1.29 is 24.2 Å². The third kappa shape index (κ3) is 2.95. The molecule has 1 amide bonds. The van der Waals surface area contributed by atoms with Crippen molar-refractivity contribution in [1.29, 1.82) is 0 Å². The van der Waals surface area contributed by atoms with Gasteiger partial charge in [0.1, 0.15) is 12.0 Å². The number of fused-ring (bicyclic) bond motifs is 3. The predicted molar refractivity (Wildman–Crippen MR) is 99.1 cm³/mol. The molecule has 1 N–H and O–H groups in total. The fraction of sp³-hybridized carbons (Fsp3) is 0.619. The van der Waals surface area contributed by atoms with Crippen LogP contribution in [0, 0.1) is 11.3 Å². The molecule has 0 bridgehead atoms. The molecule has 0 radical (unpaired) electrons. The normalized spacial score (nSPS) is 27.9. The molecule has 1 saturated heterocycles. The fourth-order valence-electron chi connectivity index (χ4n) is 5.01. The average Bonchev–Trinajstić information content (AvgIpc) is 2.89. The molecular formula is C21H27NO5. The van der Waals surface area contributed by atoms with Gasteiger partial charge in [-0.2, -0.15) is 0 Å². The molecule has 6 nitrogen and oxygen atoms in total. The summed E-state index contributed by atoms with van der Waals surface area (Å²) in [6.45, 7) is 0.721. The van der Waals surface area contributed by atoms with E-state index < -0.39 is 11.4 Å². The van der Waals surface area contributed by atoms with Crippen LogP contribution in [0.3, 0.4) is 0 Å². The Kier molecular flexibility index (Phi) is 4.74. The Bertz CT molecular complexity index is 740. The lowest BCUT2D eigenvalue weighted by Gasteiger charge is -2.36. The molecule has 1 aromatic carbocycles. The predicted octanol–water partition coefficient (Wildman–Crippen LogP) is 3.05. The maximum absolute atomic E-state index is 13.2. The van der Waals surface area contributed by atoms with E-state index in [9.17, 15) is 14.7 Å². The second kappa shape index (κ2) is 7.06. The van der Waals surface area contributed by atoms with E-state index in [1.165, 1.54) is 12.8 Å². The fourth-order valence-corrected chi connectivity index (χ4v) is 5.01. The molecular weight excluding hydrogens is 346 g/mol. The van der Waals surface area contributed by atoms with Crippen molar-refractivity contribution in [2.45, 2.75) is 44.4 Å². The Morgan fingerprint density at radius 1 is 1.22 bits per heavy atom. The first-order valence-electron chi connectivity index (χ1n) is 9.88. The number of aliphatic carboxylic acids is 1. The summed E-state index contributed by atoms with van der Waals surface area (Å²) in [5, 5.41) is 10.1. The lowest BCUT2D eigenvalue weighted by atomic mass is 9.73. The standard InChI is InChI=1S/C21H27NO5/c1-26-17-10-6-9-15-16-11-22(19(23)14-7-4-2-3-5-8-14)12-21(16,20(24)25)13-27-18(15)17/h6,9-10,14,16H,2-5,7-8,11-13H2,1H3,(H,24,25)/t16-,21-/m0/s1. The van der Waals surface area contributed by atoms with Gasteiger partial charge >= 0.3 is 5.97 Å². The maximum atomic E-state index is 13.2. The van der Waals surface area contributed by atoms with E-state index in [4.69, 9.17) is 9.47 Å². The summed E-state index contributed by atoms with van der Waals surface area (Å²) in [5.41, 5.74) is -0.251. The van der Waals surface area contributed by atoms with E-state index in [2.05, 4.69) is 0 Å². The van der Waals surface area contributed by atoms with Gasteiger partial charge in [0.25, 0.3) is 0 Å². The molecule has 2 aliphatic heterocycles. The van der Waals surface area contributed by atoms with Crippen LogP contribution in [-0.2, 0) is 9.59 Å². The zero-order valence-corrected chi connectivity index (χ0v) is 15.8. The Balaban J connectivity index is 1.65. The van der Waals surface area contributed by atoms with Crippen LogP contribution in [-0.4, -0.2) is 48.7 Å². The Morgan fingerprint density at radius 2 is 1.96 bits per heavy atom. The minimum atomic E-state index is -1.08. The molecule has 1 aliphatic carbocycles. The molecule has 4 rings (SSSR count). The van der Waals surface area contributed by atoms with Gasteiger partial charge in [0.15, 0.2) is 11.5 Å². The van der Waals surface area contributed by atoms with Gasteiger partial charge in [-0.1, -0.05) is 37.8 Å². The SMILES string of the molecule is COc1cccc2c1OC[C@@]1(C(=O)O)CN(C(=O)C3CCCCCC3)C[C@@H]21. The Hall–Kier alpha value is -2.24. The van der Waals surface area contributed by atoms with Gasteiger partial charge in [0.05, 0.1) is 7.11 Å². The van der Waals surface area contributed by atoms with Crippen LogP contribution in [0.5, 0.6) is 11.5 Å². The van der Waals surface area contributed by atoms with E-state index >= 15 is 0 Å². The molecule has 0 unspecified atom stereocenters. The summed E-state index contributed by atoms with van der Waals surface area (Å²) in [7, 11) is 1.58. The summed E-state index contributed by atoms with van der Waals surface area (Å²) in [6.07, 6.45) is 6.38. The molecule has 146 valence electrons. The van der Waals surface area contributed by atoms with E-state index in [-0.39, 0.29) is 30.9 Å². The van der Waals surface area contributed by atoms with Crippen molar-refractivity contribution in [2.75, 3.05) is 26.8 Å². The zero-order chi connectivity index (χ0) is 19.0. The van der Waals surface area contributed by atoms with Crippen molar-refractivity contribution >= 4 is 11.9 Å². The molecule has 0 aromatic heterocycles. The van der Waals surface area contributed by atoms with Crippen LogP contribution < -0.4 is 9.47 Å². The number of hydrogen-bond acceptors (Lipinski definition) is 4. The molecule has 2 fully saturated rings. The lowest BCUT2D eigenvalue weighted by molar-refractivity contribution is -0.152. The minimum Gasteiger partial charge on any atom is -0.493 e. The van der Waals surface area contributed by atoms with Crippen LogP contribution in [0.15, 0.2) is 18.2 Å². The van der Waals surface area contributed by atoms with E-state index in [0.29, 0.717) is 18.0 Å². The summed E-state index contributed by atoms with van der Waals surface area (Å²) in [4.78, 5) is 27.2. The molecule has 0 spiro atoms. The Morgan fingerprint density at radius 3 is 2.63 bits per heavy atom. The van der Waals surface area contributed by atoms with Crippen molar-refractivity contribution in [1.82, 2.24) is 4.90 Å². The van der Waals surface area contributed by atoms with Crippen molar-refractivity contribution in [2.24, 2.45) is 11.3 Å². The van der Waals surface area contributed by atoms with Crippen molar-refractivity contribution in [3.8, 4) is 11.5 Å². The van der Waals surface area contributed by atoms with Gasteiger partial charge in [0, 0.05) is 30.5 Å². The highest BCUT2D eigenvalue weighted by molar-refractivity contribution is 5.84. The van der Waals surface area contributed by atoms with Crippen LogP contribution >= 0.6 is 0 Å². The van der Waals surface area contributed by atoms with E-state index in [1.54, 1.807) is 12.0 Å². The van der Waals surface area contributed by atoms with Crippen LogP contribution in [0.25, 0.3) is 0 Å². The van der Waals surface area contributed by atoms with Gasteiger partial charge < -0.3 is 19.5 Å². The molecule has 1 saturated carbocycles. The average molecular weight is 373 g/mol. The number of carboxylic acids is 1. The number of likely N-dealkylation sites (tertiary alicyclic amines) is 1. The maximum Gasteiger partial charge on any atom is 0.315 e. The number of nitrogens with zero attached hydrogens (tertiary/aromatic N) is 1. The van der Waals surface area contributed by atoms with Crippen molar-refractivity contribution in [3.63, 3.8) is 0 Å². The van der Waals surface area contributed by atoms with Gasteiger partial charge in [-0.3, -0.25) is 9.59 Å². The Labute approximate surface area is 159 Å². The topological polar surface area (TPSA) is 76.1 Å². The number of ether oxygens (including phenoxy) is 2. The number of methoxy groups -OCH3 is 1. The highest BCUT2D eigenvalue weighted by Gasteiger charge is 2.58. The number of benzene rings is 1. The largest absolute Gasteiger partial charge is 0.493 e. The van der Waals surface area contributed by atoms with Gasteiger partial charge in [-0.15, -0.1) is 0 Å². The number of para-hydroxylation sites is 1. The molecule has 1 aromatic rings. The number of amides is 1. The van der Waals surface area contributed by atoms with Crippen LogP contribution in [0.1, 0.15) is 50.0 Å². The van der Waals surface area contributed by atoms with E-state index in [0.717, 1.165) is 31.2 Å². The molecule has 2 heterocycles. The summed E-state index contributed by atoms with van der Waals surface area (Å²) >= 11 is 0. The summed E-state index contributed by atoms with van der Waals surface area (Å²) < 4.78 is 11.3. The van der Waals surface area contributed by atoms with Crippen molar-refractivity contribution in [3.05, 3.63) is 23.8 Å². The van der Waals surface area contributed by atoms with Gasteiger partial charge in [-0.05, 0) is 18.9 Å². The van der Waals surface area contributed by atoms with Crippen LogP contribution in [0.4, 0.5) is 0 Å². The van der Waals surface area contributed by atoms with E-state index in [1.807, 2.05) is 18.2 Å². The number of carboxylic acid groups (broad SMARTS) is 1. The number of carbonyl (C=O) groups is 2. The second-order valence-corrected chi connectivity index (χ2v) is 8.09. The number of hydrogen-bond donors (Lipinski definition) is 1. The molecule has 2 atom stereocenters. The van der Waals surface area contributed by atoms with Gasteiger partial charge in [-0.25, -0.2) is 0 Å². The van der Waals surface area contributed by atoms with Gasteiger partial charge in [0.2, 0.25) is 5.91 Å². The monoisotopic (exact) mass is 373 g/mol. The first-order valence-corrected chi connectivity index (χ1v) is 9.88. The zero-order valence-electron chi connectivity index (χ0n) is 15.8. The first kappa shape index (κ1) is 18.1. The summed E-state index contributed by atoms with van der Waals surface area (Å²) in [5.74, 6) is 0.215. The molecule has 27 heavy (non-hydrogen) atoms. The lowest BCUT2D eigenvalue weighted by Crippen LogP contribution is -2.46. The third-order valence-corrected chi connectivity index (χ3v) is 6.56. The molecule has 3 aliphatic rings. The second-order valence-electron chi connectivity index (χ2n) is 8.09.